The molecule has 7 rings (SSSR count). The van der Waals surface area contributed by atoms with E-state index >= 15 is 0 Å². The third-order valence-electron chi connectivity index (χ3n) is 9.01. The van der Waals surface area contributed by atoms with Crippen molar-refractivity contribution in [1.82, 2.24) is 4.90 Å². The zero-order chi connectivity index (χ0) is 23.3. The minimum atomic E-state index is -0.430. The lowest BCUT2D eigenvalue weighted by Gasteiger charge is -2.57. The molecule has 6 heteroatoms. The van der Waals surface area contributed by atoms with Crippen LogP contribution in [0.3, 0.4) is 0 Å². The average Bonchev–Trinajstić information content (AvgIpc) is 3.26. The van der Waals surface area contributed by atoms with Crippen LogP contribution in [0.1, 0.15) is 68.8 Å². The molecule has 1 aromatic carbocycles. The maximum Gasteiger partial charge on any atom is 0.374 e. The summed E-state index contributed by atoms with van der Waals surface area (Å²) in [6.07, 6.45) is 10.4. The van der Waals surface area contributed by atoms with Crippen LogP contribution in [-0.4, -0.2) is 49.6 Å². The maximum absolute atomic E-state index is 13.1. The molecule has 4 aliphatic carbocycles. The fraction of sp³-hybridized carbons (Fsp3) is 0.643. The summed E-state index contributed by atoms with van der Waals surface area (Å²) < 4.78 is 10.7. The summed E-state index contributed by atoms with van der Waals surface area (Å²) >= 11 is 0. The maximum atomic E-state index is 13.1. The molecule has 5 aliphatic rings. The first-order valence-electron chi connectivity index (χ1n) is 13.2. The molecule has 1 aliphatic heterocycles. The van der Waals surface area contributed by atoms with E-state index in [1.54, 1.807) is 13.0 Å². The van der Waals surface area contributed by atoms with Gasteiger partial charge in [-0.05, 0) is 99.3 Å². The molecule has 0 spiro atoms. The molecule has 2 aromatic rings. The summed E-state index contributed by atoms with van der Waals surface area (Å²) in [5.74, 6) is 3.01. The highest BCUT2D eigenvalue weighted by molar-refractivity contribution is 5.93. The Bertz CT molecular complexity index is 1050. The van der Waals surface area contributed by atoms with E-state index < -0.39 is 5.97 Å². The number of furan rings is 1. The Morgan fingerprint density at radius 1 is 1.00 bits per heavy atom. The summed E-state index contributed by atoms with van der Waals surface area (Å²) in [4.78, 5) is 29.4. The van der Waals surface area contributed by atoms with E-state index in [9.17, 15) is 9.59 Å². The van der Waals surface area contributed by atoms with Gasteiger partial charge in [-0.25, -0.2) is 4.79 Å². The Morgan fingerprint density at radius 3 is 2.32 bits per heavy atom. The molecule has 2 heterocycles. The summed E-state index contributed by atoms with van der Waals surface area (Å²) in [6, 6.07) is 7.76. The molecule has 4 bridgehead atoms. The largest absolute Gasteiger partial charge is 0.460 e. The van der Waals surface area contributed by atoms with Crippen molar-refractivity contribution in [2.75, 3.05) is 37.7 Å². The number of nitrogens with zero attached hydrogens (tertiary/aromatic N) is 2. The Labute approximate surface area is 201 Å². The second-order valence-corrected chi connectivity index (χ2v) is 11.3. The number of ether oxygens (including phenoxy) is 1. The van der Waals surface area contributed by atoms with Gasteiger partial charge in [0.05, 0.1) is 6.61 Å². The Hall–Kier alpha value is -2.50. The molecule has 4 saturated carbocycles. The smallest absolute Gasteiger partial charge is 0.374 e. The zero-order valence-electron chi connectivity index (χ0n) is 20.3. The number of esters is 1. The SMILES string of the molecule is CCOC(=O)c1cc2cc(N3CCN(C(=O)CCC45CC6CC(CC(C6)C4)C5)CC3)ccc2o1. The van der Waals surface area contributed by atoms with Crippen molar-refractivity contribution in [1.29, 1.82) is 0 Å². The fourth-order valence-corrected chi connectivity index (χ4v) is 7.87. The van der Waals surface area contributed by atoms with Gasteiger partial charge < -0.3 is 19.0 Å². The van der Waals surface area contributed by atoms with Crippen LogP contribution < -0.4 is 4.90 Å². The van der Waals surface area contributed by atoms with Gasteiger partial charge in [-0.2, -0.15) is 0 Å². The Balaban J connectivity index is 1.04. The lowest BCUT2D eigenvalue weighted by atomic mass is 9.48. The number of benzene rings is 1. The Morgan fingerprint density at radius 2 is 1.68 bits per heavy atom. The first-order chi connectivity index (χ1) is 16.5. The second-order valence-electron chi connectivity index (χ2n) is 11.3. The van der Waals surface area contributed by atoms with Gasteiger partial charge in [0.1, 0.15) is 5.58 Å². The van der Waals surface area contributed by atoms with E-state index in [0.29, 0.717) is 23.5 Å². The van der Waals surface area contributed by atoms with Crippen LogP contribution in [0.15, 0.2) is 28.7 Å². The molecule has 0 unspecified atom stereocenters. The molecule has 182 valence electrons. The zero-order valence-corrected chi connectivity index (χ0v) is 20.3. The third kappa shape index (κ3) is 4.09. The quantitative estimate of drug-likeness (QED) is 0.546. The van der Waals surface area contributed by atoms with Gasteiger partial charge >= 0.3 is 5.97 Å². The van der Waals surface area contributed by atoms with Gasteiger partial charge in [0, 0.05) is 43.7 Å². The van der Waals surface area contributed by atoms with Gasteiger partial charge in [0.25, 0.3) is 0 Å². The second kappa shape index (κ2) is 8.62. The highest BCUT2D eigenvalue weighted by atomic mass is 16.5. The minimum Gasteiger partial charge on any atom is -0.460 e. The summed E-state index contributed by atoms with van der Waals surface area (Å²) in [5, 5.41) is 0.898. The number of fused-ring (bicyclic) bond motifs is 1. The van der Waals surface area contributed by atoms with Crippen molar-refractivity contribution in [3.8, 4) is 0 Å². The Kier molecular flexibility index (Phi) is 5.57. The monoisotopic (exact) mass is 464 g/mol. The molecular weight excluding hydrogens is 428 g/mol. The normalized spacial score (nSPS) is 30.2. The standard InChI is InChI=1S/C28H36N2O4/c1-2-33-27(32)25-15-22-14-23(3-4-24(22)34-25)29-7-9-30(10-8-29)26(31)5-6-28-16-19-11-20(17-28)13-21(12-19)18-28/h3-4,14-15,19-21H,2,5-13,16-18H2,1H3. The summed E-state index contributed by atoms with van der Waals surface area (Å²) in [7, 11) is 0. The van der Waals surface area contributed by atoms with Crippen LogP contribution in [0.2, 0.25) is 0 Å². The molecule has 34 heavy (non-hydrogen) atoms. The molecule has 0 N–H and O–H groups in total. The van der Waals surface area contributed by atoms with Crippen LogP contribution in [-0.2, 0) is 9.53 Å². The van der Waals surface area contributed by atoms with Gasteiger partial charge in [-0.3, -0.25) is 4.79 Å². The highest BCUT2D eigenvalue weighted by Gasteiger charge is 2.50. The number of piperazine rings is 1. The number of hydrogen-bond donors (Lipinski definition) is 0. The van der Waals surface area contributed by atoms with Crippen molar-refractivity contribution >= 4 is 28.5 Å². The van der Waals surface area contributed by atoms with Crippen molar-refractivity contribution < 1.29 is 18.7 Å². The third-order valence-corrected chi connectivity index (χ3v) is 9.01. The van der Waals surface area contributed by atoms with E-state index in [4.69, 9.17) is 9.15 Å². The van der Waals surface area contributed by atoms with Gasteiger partial charge in [-0.1, -0.05) is 0 Å². The van der Waals surface area contributed by atoms with Crippen LogP contribution in [0, 0.1) is 23.2 Å². The molecule has 6 nitrogen and oxygen atoms in total. The molecule has 1 amide bonds. The van der Waals surface area contributed by atoms with Crippen molar-refractivity contribution in [3.63, 3.8) is 0 Å². The van der Waals surface area contributed by atoms with Gasteiger partial charge in [0.2, 0.25) is 11.7 Å². The summed E-state index contributed by atoms with van der Waals surface area (Å²) in [6.45, 7) is 5.32. The number of anilines is 1. The van der Waals surface area contributed by atoms with E-state index in [0.717, 1.165) is 67.8 Å². The van der Waals surface area contributed by atoms with E-state index in [-0.39, 0.29) is 5.76 Å². The molecule has 0 radical (unpaired) electrons. The predicted molar refractivity (Wildman–Crippen MR) is 131 cm³/mol. The van der Waals surface area contributed by atoms with Gasteiger partial charge in [0.15, 0.2) is 0 Å². The van der Waals surface area contributed by atoms with Crippen LogP contribution in [0.5, 0.6) is 0 Å². The highest BCUT2D eigenvalue weighted by Crippen LogP contribution is 2.61. The van der Waals surface area contributed by atoms with Crippen molar-refractivity contribution in [2.45, 2.75) is 58.3 Å². The minimum absolute atomic E-state index is 0.239. The summed E-state index contributed by atoms with van der Waals surface area (Å²) in [5.41, 5.74) is 2.27. The number of carbonyl (C=O) groups excluding carboxylic acids is 2. The topological polar surface area (TPSA) is 63.0 Å². The van der Waals surface area contributed by atoms with Crippen molar-refractivity contribution in [2.24, 2.45) is 23.2 Å². The first-order valence-corrected chi connectivity index (χ1v) is 13.2. The van der Waals surface area contributed by atoms with E-state index in [1.165, 1.54) is 38.5 Å². The van der Waals surface area contributed by atoms with Crippen LogP contribution in [0.25, 0.3) is 11.0 Å². The van der Waals surface area contributed by atoms with E-state index in [2.05, 4.69) is 15.9 Å². The van der Waals surface area contributed by atoms with Gasteiger partial charge in [-0.15, -0.1) is 0 Å². The van der Waals surface area contributed by atoms with Crippen LogP contribution >= 0.6 is 0 Å². The molecular formula is C28H36N2O4. The average molecular weight is 465 g/mol. The molecule has 1 aromatic heterocycles. The number of rotatable bonds is 6. The molecule has 5 fully saturated rings. The molecule has 1 saturated heterocycles. The lowest BCUT2D eigenvalue weighted by molar-refractivity contribution is -0.133. The molecule has 0 atom stereocenters. The predicted octanol–water partition coefficient (Wildman–Crippen LogP) is 5.25. The number of amides is 1. The lowest BCUT2D eigenvalue weighted by Crippen LogP contribution is -2.49. The number of hydrogen-bond acceptors (Lipinski definition) is 5. The van der Waals surface area contributed by atoms with Crippen LogP contribution in [0.4, 0.5) is 5.69 Å². The fourth-order valence-electron chi connectivity index (χ4n) is 7.87. The van der Waals surface area contributed by atoms with Crippen molar-refractivity contribution in [3.05, 3.63) is 30.0 Å². The number of carbonyl (C=O) groups is 2. The first kappa shape index (κ1) is 22.0. The van der Waals surface area contributed by atoms with E-state index in [1.807, 2.05) is 12.1 Å².